The first-order chi connectivity index (χ1) is 16.0. The van der Waals surface area contributed by atoms with Crippen LogP contribution >= 0.6 is 0 Å². The second kappa shape index (κ2) is 9.71. The third kappa shape index (κ3) is 4.98. The maximum atomic E-state index is 13.1. The topological polar surface area (TPSA) is 126 Å². The SMILES string of the molecule is COc1nc2c(nc1NC1CCN(C)C1)nc(-c1c(C)cc(C(F)(F)F)cc1O)n2C.O=CO. The van der Waals surface area contributed by atoms with Crippen LogP contribution in [0.1, 0.15) is 17.5 Å². The van der Waals surface area contributed by atoms with E-state index in [9.17, 15) is 18.3 Å². The largest absolute Gasteiger partial charge is 0.507 e. The van der Waals surface area contributed by atoms with Crippen LogP contribution in [0, 0.1) is 6.92 Å². The molecule has 4 rings (SSSR count). The van der Waals surface area contributed by atoms with E-state index in [4.69, 9.17) is 14.6 Å². The number of phenolic OH excluding ortho intramolecular Hbond substituents is 1. The minimum Gasteiger partial charge on any atom is -0.507 e. The van der Waals surface area contributed by atoms with Gasteiger partial charge in [-0.1, -0.05) is 0 Å². The number of methoxy groups -OCH3 is 1. The standard InChI is InChI=1S/C20H23F3N6O2.CH2O2/c1-10-7-11(20(21,22)23)8-13(30)14(10)17-26-15-18(29(17)3)27-19(31-4)16(25-15)24-12-5-6-28(2)9-12;2-1-3/h7-8,12,30H,5-6,9H2,1-4H3,(H,24,25);1H,(H,2,3). The van der Waals surface area contributed by atoms with E-state index >= 15 is 0 Å². The maximum Gasteiger partial charge on any atom is 0.416 e. The van der Waals surface area contributed by atoms with Crippen LogP contribution in [0.3, 0.4) is 0 Å². The number of alkyl halides is 3. The second-order valence-corrected chi connectivity index (χ2v) is 7.91. The fourth-order valence-electron chi connectivity index (χ4n) is 3.91. The quantitative estimate of drug-likeness (QED) is 0.481. The van der Waals surface area contributed by atoms with E-state index in [1.54, 1.807) is 11.6 Å². The fourth-order valence-corrected chi connectivity index (χ4v) is 3.91. The van der Waals surface area contributed by atoms with Crippen LogP contribution in [-0.4, -0.2) is 74.4 Å². The van der Waals surface area contributed by atoms with Crippen molar-refractivity contribution in [2.45, 2.75) is 25.6 Å². The molecule has 3 aromatic rings. The highest BCUT2D eigenvalue weighted by Gasteiger charge is 2.33. The Hall–Kier alpha value is -3.61. The average molecular weight is 482 g/mol. The average Bonchev–Trinajstić information content (AvgIpc) is 3.29. The van der Waals surface area contributed by atoms with Crippen LogP contribution in [0.25, 0.3) is 22.7 Å². The van der Waals surface area contributed by atoms with Crippen LogP contribution in [0.2, 0.25) is 0 Å². The number of ether oxygens (including phenoxy) is 1. The van der Waals surface area contributed by atoms with Crippen LogP contribution in [0.15, 0.2) is 12.1 Å². The number of likely N-dealkylation sites (tertiary alicyclic amines) is 1. The Kier molecular flexibility index (Phi) is 7.15. The predicted octanol–water partition coefficient (Wildman–Crippen LogP) is 2.89. The Morgan fingerprint density at radius 2 is 1.91 bits per heavy atom. The molecule has 2 aromatic heterocycles. The summed E-state index contributed by atoms with van der Waals surface area (Å²) >= 11 is 0. The first-order valence-electron chi connectivity index (χ1n) is 10.2. The summed E-state index contributed by atoms with van der Waals surface area (Å²) in [6.07, 6.45) is -3.61. The number of phenols is 1. The van der Waals surface area contributed by atoms with Gasteiger partial charge in [0.15, 0.2) is 17.1 Å². The molecular formula is C21H25F3N6O4. The Labute approximate surface area is 193 Å². The van der Waals surface area contributed by atoms with Gasteiger partial charge in [0.2, 0.25) is 0 Å². The van der Waals surface area contributed by atoms with E-state index in [2.05, 4.69) is 25.2 Å². The zero-order valence-electron chi connectivity index (χ0n) is 19.0. The monoisotopic (exact) mass is 482 g/mol. The number of nitrogens with one attached hydrogen (secondary N) is 1. The molecular weight excluding hydrogens is 457 g/mol. The lowest BCUT2D eigenvalue weighted by Gasteiger charge is -2.15. The first kappa shape index (κ1) is 25.0. The highest BCUT2D eigenvalue weighted by atomic mass is 19.4. The molecule has 1 atom stereocenters. The van der Waals surface area contributed by atoms with Gasteiger partial charge in [-0.2, -0.15) is 18.2 Å². The number of hydrogen-bond donors (Lipinski definition) is 3. The summed E-state index contributed by atoms with van der Waals surface area (Å²) in [5, 5.41) is 20.6. The summed E-state index contributed by atoms with van der Waals surface area (Å²) < 4.78 is 46.2. The molecule has 10 nitrogen and oxygen atoms in total. The van der Waals surface area contributed by atoms with Crippen molar-refractivity contribution < 1.29 is 32.9 Å². The third-order valence-electron chi connectivity index (χ3n) is 5.47. The van der Waals surface area contributed by atoms with Crippen LogP contribution in [0.5, 0.6) is 11.6 Å². The Bertz CT molecular complexity index is 1170. The molecule has 184 valence electrons. The number of nitrogens with zero attached hydrogens (tertiary/aromatic N) is 5. The van der Waals surface area contributed by atoms with Crippen molar-refractivity contribution >= 4 is 23.6 Å². The van der Waals surface area contributed by atoms with E-state index in [0.29, 0.717) is 29.1 Å². The number of aryl methyl sites for hydroxylation is 2. The molecule has 0 aliphatic carbocycles. The first-order valence-corrected chi connectivity index (χ1v) is 10.2. The number of anilines is 1. The molecule has 0 saturated carbocycles. The minimum atomic E-state index is -4.56. The number of rotatable bonds is 4. The van der Waals surface area contributed by atoms with Gasteiger partial charge in [-0.25, -0.2) is 9.97 Å². The zero-order chi connectivity index (χ0) is 25.2. The van der Waals surface area contributed by atoms with E-state index in [-0.39, 0.29) is 29.5 Å². The molecule has 34 heavy (non-hydrogen) atoms. The van der Waals surface area contributed by atoms with Gasteiger partial charge >= 0.3 is 6.18 Å². The molecule has 0 radical (unpaired) electrons. The number of aromatic nitrogens is 4. The zero-order valence-corrected chi connectivity index (χ0v) is 19.0. The highest BCUT2D eigenvalue weighted by Crippen LogP contribution is 2.39. The second-order valence-electron chi connectivity index (χ2n) is 7.91. The Morgan fingerprint density at radius 3 is 2.44 bits per heavy atom. The maximum absolute atomic E-state index is 13.1. The number of fused-ring (bicyclic) bond motifs is 1. The van der Waals surface area contributed by atoms with Crippen molar-refractivity contribution in [3.05, 3.63) is 23.3 Å². The summed E-state index contributed by atoms with van der Waals surface area (Å²) in [6, 6.07) is 1.88. The van der Waals surface area contributed by atoms with Crippen molar-refractivity contribution in [2.24, 2.45) is 7.05 Å². The lowest BCUT2D eigenvalue weighted by Crippen LogP contribution is -2.24. The number of imidazole rings is 1. The highest BCUT2D eigenvalue weighted by molar-refractivity contribution is 5.80. The number of halogens is 3. The van der Waals surface area contributed by atoms with Gasteiger partial charge < -0.3 is 29.7 Å². The number of likely N-dealkylation sites (N-methyl/N-ethyl adjacent to an activating group) is 1. The van der Waals surface area contributed by atoms with Gasteiger partial charge in [-0.15, -0.1) is 0 Å². The molecule has 1 fully saturated rings. The summed E-state index contributed by atoms with van der Waals surface area (Å²) in [4.78, 5) is 24.1. The van der Waals surface area contributed by atoms with E-state index in [1.165, 1.54) is 14.0 Å². The molecule has 1 unspecified atom stereocenters. The van der Waals surface area contributed by atoms with Crippen LogP contribution in [0.4, 0.5) is 19.0 Å². The van der Waals surface area contributed by atoms with E-state index < -0.39 is 17.5 Å². The number of benzene rings is 1. The van der Waals surface area contributed by atoms with Gasteiger partial charge in [0.1, 0.15) is 11.6 Å². The Balaban J connectivity index is 0.00000103. The van der Waals surface area contributed by atoms with Gasteiger partial charge in [-0.05, 0) is 44.6 Å². The van der Waals surface area contributed by atoms with Crippen molar-refractivity contribution in [2.75, 3.05) is 32.6 Å². The van der Waals surface area contributed by atoms with Gasteiger partial charge in [0, 0.05) is 19.6 Å². The molecule has 1 aliphatic heterocycles. The number of aromatic hydroxyl groups is 1. The van der Waals surface area contributed by atoms with Gasteiger partial charge in [-0.3, -0.25) is 4.79 Å². The molecule has 3 heterocycles. The smallest absolute Gasteiger partial charge is 0.416 e. The molecule has 1 saturated heterocycles. The van der Waals surface area contributed by atoms with Gasteiger partial charge in [0.05, 0.1) is 18.2 Å². The van der Waals surface area contributed by atoms with E-state index in [1.807, 2.05) is 7.05 Å². The lowest BCUT2D eigenvalue weighted by molar-refractivity contribution is -0.137. The number of carbonyl (C=O) groups is 1. The molecule has 13 heteroatoms. The van der Waals surface area contributed by atoms with Crippen molar-refractivity contribution in [1.29, 1.82) is 0 Å². The van der Waals surface area contributed by atoms with Crippen LogP contribution < -0.4 is 10.1 Å². The predicted molar refractivity (Wildman–Crippen MR) is 118 cm³/mol. The fraction of sp³-hybridized carbons (Fsp3) is 0.429. The molecule has 1 aromatic carbocycles. The summed E-state index contributed by atoms with van der Waals surface area (Å²) in [5.74, 6) is 0.502. The van der Waals surface area contributed by atoms with Crippen molar-refractivity contribution in [3.63, 3.8) is 0 Å². The Morgan fingerprint density at radius 1 is 1.24 bits per heavy atom. The van der Waals surface area contributed by atoms with Crippen molar-refractivity contribution in [3.8, 4) is 23.0 Å². The summed E-state index contributed by atoms with van der Waals surface area (Å²) in [6.45, 7) is 3.07. The normalized spacial score (nSPS) is 16.3. The summed E-state index contributed by atoms with van der Waals surface area (Å²) in [5.41, 5.74) is 0.202. The molecule has 3 N–H and O–H groups in total. The lowest BCUT2D eigenvalue weighted by atomic mass is 10.0. The third-order valence-corrected chi connectivity index (χ3v) is 5.47. The molecule has 0 bridgehead atoms. The van der Waals surface area contributed by atoms with Crippen LogP contribution in [-0.2, 0) is 18.0 Å². The molecule has 1 aliphatic rings. The molecule has 0 amide bonds. The van der Waals surface area contributed by atoms with E-state index in [0.717, 1.165) is 25.6 Å². The van der Waals surface area contributed by atoms with Gasteiger partial charge in [0.25, 0.3) is 12.4 Å². The number of hydrogen-bond acceptors (Lipinski definition) is 8. The molecule has 0 spiro atoms. The summed E-state index contributed by atoms with van der Waals surface area (Å²) in [7, 11) is 5.19. The number of carboxylic acid groups (broad SMARTS) is 1. The van der Waals surface area contributed by atoms with Crippen molar-refractivity contribution in [1.82, 2.24) is 24.4 Å². The minimum absolute atomic E-state index is 0.190.